The molecule has 1 N–H and O–H groups in total. The molecule has 31 heavy (non-hydrogen) atoms. The molecule has 0 unspecified atom stereocenters. The van der Waals surface area contributed by atoms with Gasteiger partial charge in [-0.2, -0.15) is 0 Å². The molecule has 0 saturated carbocycles. The molecule has 5 nitrogen and oxygen atoms in total. The zero-order chi connectivity index (χ0) is 22.8. The highest BCUT2D eigenvalue weighted by molar-refractivity contribution is 7.92. The Hall–Kier alpha value is -2.83. The summed E-state index contributed by atoms with van der Waals surface area (Å²) in [4.78, 5) is 12.8. The first-order chi connectivity index (χ1) is 14.5. The smallest absolute Gasteiger partial charge is 0.265 e. The molecule has 0 fully saturated rings. The molecule has 3 aromatic rings. The van der Waals surface area contributed by atoms with E-state index in [-0.39, 0.29) is 32.6 Å². The average Bonchev–Trinajstić information content (AvgIpc) is 2.72. The summed E-state index contributed by atoms with van der Waals surface area (Å²) < 4.78 is 33.4. The number of ketones is 1. The van der Waals surface area contributed by atoms with E-state index in [1.165, 1.54) is 25.3 Å². The van der Waals surface area contributed by atoms with Crippen molar-refractivity contribution in [3.63, 3.8) is 0 Å². The standard InChI is InChI=1S/C24H24ClNO4S/c1-24(2,3)18-10-8-16(9-11-18)23(27)17-6-5-7-20(14-17)26-31(28,29)22-15-19(25)12-13-21(22)30-4/h5-15,26H,1-4H3. The van der Waals surface area contributed by atoms with Gasteiger partial charge in [0.2, 0.25) is 0 Å². The number of carbonyl (C=O) groups is 1. The maximum Gasteiger partial charge on any atom is 0.265 e. The summed E-state index contributed by atoms with van der Waals surface area (Å²) >= 11 is 5.96. The normalized spacial score (nSPS) is 11.8. The van der Waals surface area contributed by atoms with Gasteiger partial charge in [-0.25, -0.2) is 8.42 Å². The minimum Gasteiger partial charge on any atom is -0.495 e. The largest absolute Gasteiger partial charge is 0.495 e. The van der Waals surface area contributed by atoms with Gasteiger partial charge in [-0.15, -0.1) is 0 Å². The zero-order valence-corrected chi connectivity index (χ0v) is 19.3. The van der Waals surface area contributed by atoms with Crippen LogP contribution in [0.25, 0.3) is 0 Å². The fourth-order valence-electron chi connectivity index (χ4n) is 3.08. The second-order valence-electron chi connectivity index (χ2n) is 8.14. The first kappa shape index (κ1) is 22.8. The van der Waals surface area contributed by atoms with Gasteiger partial charge in [-0.05, 0) is 41.3 Å². The Labute approximate surface area is 188 Å². The fraction of sp³-hybridized carbons (Fsp3) is 0.208. The minimum atomic E-state index is -3.98. The molecule has 0 aromatic heterocycles. The third kappa shape index (κ3) is 5.27. The van der Waals surface area contributed by atoms with Crippen LogP contribution in [0.1, 0.15) is 42.3 Å². The number of nitrogens with one attached hydrogen (secondary N) is 1. The maximum atomic E-state index is 12.9. The molecule has 3 rings (SSSR count). The number of methoxy groups -OCH3 is 1. The van der Waals surface area contributed by atoms with E-state index in [4.69, 9.17) is 16.3 Å². The van der Waals surface area contributed by atoms with Gasteiger partial charge in [-0.1, -0.05) is 68.8 Å². The highest BCUT2D eigenvalue weighted by atomic mass is 35.5. The van der Waals surface area contributed by atoms with Gasteiger partial charge in [0.05, 0.1) is 7.11 Å². The summed E-state index contributed by atoms with van der Waals surface area (Å²) in [7, 11) is -2.60. The molecule has 162 valence electrons. The lowest BCUT2D eigenvalue weighted by molar-refractivity contribution is 0.103. The van der Waals surface area contributed by atoms with Crippen LogP contribution in [0.5, 0.6) is 5.75 Å². The van der Waals surface area contributed by atoms with Crippen molar-refractivity contribution in [3.8, 4) is 5.75 Å². The monoisotopic (exact) mass is 457 g/mol. The van der Waals surface area contributed by atoms with E-state index in [9.17, 15) is 13.2 Å². The van der Waals surface area contributed by atoms with Crippen molar-refractivity contribution in [1.82, 2.24) is 0 Å². The summed E-state index contributed by atoms with van der Waals surface area (Å²) in [5.74, 6) is -0.0232. The van der Waals surface area contributed by atoms with Crippen LogP contribution >= 0.6 is 11.6 Å². The van der Waals surface area contributed by atoms with E-state index in [2.05, 4.69) is 25.5 Å². The van der Waals surface area contributed by atoms with Gasteiger partial charge < -0.3 is 4.74 Å². The summed E-state index contributed by atoms with van der Waals surface area (Å²) in [5, 5.41) is 0.267. The average molecular weight is 458 g/mol. The Bertz CT molecular complexity index is 1210. The number of anilines is 1. The van der Waals surface area contributed by atoms with Crippen molar-refractivity contribution < 1.29 is 17.9 Å². The molecule has 7 heteroatoms. The van der Waals surface area contributed by atoms with Crippen LogP contribution in [-0.2, 0) is 15.4 Å². The third-order valence-corrected chi connectivity index (χ3v) is 6.44. The number of ether oxygens (including phenoxy) is 1. The molecule has 0 heterocycles. The van der Waals surface area contributed by atoms with Gasteiger partial charge in [0.1, 0.15) is 10.6 Å². The number of rotatable bonds is 6. The Morgan fingerprint density at radius 3 is 2.23 bits per heavy atom. The van der Waals surface area contributed by atoms with E-state index < -0.39 is 10.0 Å². The van der Waals surface area contributed by atoms with E-state index in [1.807, 2.05) is 12.1 Å². The second-order valence-corrected chi connectivity index (χ2v) is 10.2. The van der Waals surface area contributed by atoms with Crippen LogP contribution in [0.15, 0.2) is 71.6 Å². The molecule has 0 aliphatic carbocycles. The Balaban J connectivity index is 1.88. The topological polar surface area (TPSA) is 72.5 Å². The predicted molar refractivity (Wildman–Crippen MR) is 124 cm³/mol. The van der Waals surface area contributed by atoms with Crippen molar-refractivity contribution in [2.24, 2.45) is 0 Å². The van der Waals surface area contributed by atoms with Crippen molar-refractivity contribution in [2.75, 3.05) is 11.8 Å². The lowest BCUT2D eigenvalue weighted by atomic mass is 9.86. The first-order valence-electron chi connectivity index (χ1n) is 9.63. The maximum absolute atomic E-state index is 12.9. The number of hydrogen-bond acceptors (Lipinski definition) is 4. The molecule has 0 aliphatic heterocycles. The van der Waals surface area contributed by atoms with Gasteiger partial charge in [0.15, 0.2) is 5.78 Å². The van der Waals surface area contributed by atoms with Gasteiger partial charge in [0.25, 0.3) is 10.0 Å². The van der Waals surface area contributed by atoms with E-state index in [1.54, 1.807) is 36.4 Å². The Morgan fingerprint density at radius 2 is 1.61 bits per heavy atom. The van der Waals surface area contributed by atoms with E-state index in [0.717, 1.165) is 5.56 Å². The summed E-state index contributed by atoms with van der Waals surface area (Å²) in [6, 6.07) is 18.2. The molecule has 0 radical (unpaired) electrons. The number of sulfonamides is 1. The van der Waals surface area contributed by atoms with Crippen LogP contribution in [0.2, 0.25) is 5.02 Å². The number of benzene rings is 3. The Kier molecular flexibility index (Phi) is 6.43. The molecule has 0 amide bonds. The van der Waals surface area contributed by atoms with Crippen molar-refractivity contribution in [3.05, 3.63) is 88.4 Å². The number of halogens is 1. The predicted octanol–water partition coefficient (Wildman–Crippen LogP) is 5.68. The summed E-state index contributed by atoms with van der Waals surface area (Å²) in [6.45, 7) is 6.32. The highest BCUT2D eigenvalue weighted by Crippen LogP contribution is 2.29. The van der Waals surface area contributed by atoms with Gasteiger partial charge >= 0.3 is 0 Å². The molecule has 0 aliphatic rings. The first-order valence-corrected chi connectivity index (χ1v) is 11.5. The molecule has 0 atom stereocenters. The quantitative estimate of drug-likeness (QED) is 0.483. The fourth-order valence-corrected chi connectivity index (χ4v) is 4.57. The number of carbonyl (C=O) groups excluding carboxylic acids is 1. The molecule has 3 aromatic carbocycles. The van der Waals surface area contributed by atoms with Gasteiger partial charge in [0, 0.05) is 21.8 Å². The summed E-state index contributed by atoms with van der Waals surface area (Å²) in [5.41, 5.74) is 2.28. The summed E-state index contributed by atoms with van der Waals surface area (Å²) in [6.07, 6.45) is 0. The molecule has 0 saturated heterocycles. The van der Waals surface area contributed by atoms with E-state index in [0.29, 0.717) is 11.1 Å². The van der Waals surface area contributed by atoms with Crippen LogP contribution in [0.3, 0.4) is 0 Å². The van der Waals surface area contributed by atoms with Crippen LogP contribution < -0.4 is 9.46 Å². The molecule has 0 bridgehead atoms. The lowest BCUT2D eigenvalue weighted by Gasteiger charge is -2.19. The molecule has 0 spiro atoms. The lowest BCUT2D eigenvalue weighted by Crippen LogP contribution is -2.14. The van der Waals surface area contributed by atoms with Crippen LogP contribution in [-0.4, -0.2) is 21.3 Å². The van der Waals surface area contributed by atoms with E-state index >= 15 is 0 Å². The van der Waals surface area contributed by atoms with Crippen molar-refractivity contribution in [1.29, 1.82) is 0 Å². The second kappa shape index (κ2) is 8.73. The number of hydrogen-bond donors (Lipinski definition) is 1. The van der Waals surface area contributed by atoms with Gasteiger partial charge in [-0.3, -0.25) is 9.52 Å². The Morgan fingerprint density at radius 1 is 0.935 bits per heavy atom. The molecular weight excluding hydrogens is 434 g/mol. The highest BCUT2D eigenvalue weighted by Gasteiger charge is 2.21. The third-order valence-electron chi connectivity index (χ3n) is 4.81. The van der Waals surface area contributed by atoms with Crippen molar-refractivity contribution in [2.45, 2.75) is 31.1 Å². The zero-order valence-electron chi connectivity index (χ0n) is 17.8. The van der Waals surface area contributed by atoms with Crippen molar-refractivity contribution >= 4 is 33.1 Å². The minimum absolute atomic E-state index is 0.0127. The van der Waals surface area contributed by atoms with Crippen LogP contribution in [0, 0.1) is 0 Å². The van der Waals surface area contributed by atoms with Crippen LogP contribution in [0.4, 0.5) is 5.69 Å². The molecular formula is C24H24ClNO4S. The SMILES string of the molecule is COc1ccc(Cl)cc1S(=O)(=O)Nc1cccc(C(=O)c2ccc(C(C)(C)C)cc2)c1.